The normalized spacial score (nSPS) is 27.5. The van der Waals surface area contributed by atoms with Crippen molar-refractivity contribution in [3.05, 3.63) is 0 Å². The third kappa shape index (κ3) is 3.30. The summed E-state index contributed by atoms with van der Waals surface area (Å²) in [6, 6.07) is 0. The topological polar surface area (TPSA) is 46.6 Å². The van der Waals surface area contributed by atoms with E-state index in [0.717, 1.165) is 12.7 Å². The molecular formula is C12H21NO3. The Bertz CT molecular complexity index is 270. The minimum absolute atomic E-state index is 0.0264. The average molecular weight is 227 g/mol. The van der Waals surface area contributed by atoms with Gasteiger partial charge in [0.2, 0.25) is 0 Å². The summed E-state index contributed by atoms with van der Waals surface area (Å²) in [5.41, 5.74) is -0.500. The van der Waals surface area contributed by atoms with Gasteiger partial charge in [-0.1, -0.05) is 6.92 Å². The predicted octanol–water partition coefficient (Wildman–Crippen LogP) is 1.65. The van der Waals surface area contributed by atoms with Gasteiger partial charge in [0.15, 0.2) is 0 Å². The van der Waals surface area contributed by atoms with Gasteiger partial charge < -0.3 is 9.63 Å². The fraction of sp³-hybridized carbons (Fsp3) is 0.833. The van der Waals surface area contributed by atoms with Crippen molar-refractivity contribution in [3.8, 4) is 0 Å². The van der Waals surface area contributed by atoms with E-state index in [0.29, 0.717) is 19.0 Å². The fourth-order valence-electron chi connectivity index (χ4n) is 1.58. The third-order valence-electron chi connectivity index (χ3n) is 2.98. The van der Waals surface area contributed by atoms with E-state index in [2.05, 4.69) is 6.92 Å². The molecular weight excluding hydrogens is 206 g/mol. The maximum Gasteiger partial charge on any atom is 0.330 e. The first-order valence-electron chi connectivity index (χ1n) is 5.77. The highest BCUT2D eigenvalue weighted by Crippen LogP contribution is 2.23. The van der Waals surface area contributed by atoms with Crippen molar-refractivity contribution in [3.63, 3.8) is 0 Å². The highest BCUT2D eigenvalue weighted by atomic mass is 16.7. The van der Waals surface area contributed by atoms with Gasteiger partial charge in [0.05, 0.1) is 5.41 Å². The van der Waals surface area contributed by atoms with E-state index in [1.807, 2.05) is 20.8 Å². The molecule has 1 aliphatic heterocycles. The van der Waals surface area contributed by atoms with Crippen molar-refractivity contribution in [2.45, 2.75) is 34.1 Å². The van der Waals surface area contributed by atoms with Crippen molar-refractivity contribution in [2.24, 2.45) is 17.3 Å². The molecule has 16 heavy (non-hydrogen) atoms. The Morgan fingerprint density at radius 2 is 2.06 bits per heavy atom. The zero-order chi connectivity index (χ0) is 12.3. The SMILES string of the molecule is CC1CCN(OC(=O)C(C)(C)C)CC1C=O. The Labute approximate surface area is 96.9 Å². The van der Waals surface area contributed by atoms with Gasteiger partial charge in [-0.15, -0.1) is 5.06 Å². The van der Waals surface area contributed by atoms with Crippen molar-refractivity contribution >= 4 is 12.3 Å². The molecule has 0 spiro atoms. The number of aldehydes is 1. The highest BCUT2D eigenvalue weighted by Gasteiger charge is 2.31. The number of carbonyl (C=O) groups is 2. The summed E-state index contributed by atoms with van der Waals surface area (Å²) in [6.45, 7) is 8.75. The van der Waals surface area contributed by atoms with Crippen LogP contribution >= 0.6 is 0 Å². The Hall–Kier alpha value is -0.900. The standard InChI is InChI=1S/C12H21NO3/c1-9-5-6-13(7-10(9)8-14)16-11(15)12(2,3)4/h8-10H,5-7H2,1-4H3. The lowest BCUT2D eigenvalue weighted by Crippen LogP contribution is -2.43. The maximum atomic E-state index is 11.7. The average Bonchev–Trinajstić information content (AvgIpc) is 2.19. The quantitative estimate of drug-likeness (QED) is 0.673. The van der Waals surface area contributed by atoms with Crippen LogP contribution < -0.4 is 0 Å². The van der Waals surface area contributed by atoms with Crippen LogP contribution in [0.3, 0.4) is 0 Å². The summed E-state index contributed by atoms with van der Waals surface area (Å²) in [5, 5.41) is 1.62. The van der Waals surface area contributed by atoms with Crippen LogP contribution in [0.4, 0.5) is 0 Å². The molecule has 4 nitrogen and oxygen atoms in total. The largest absolute Gasteiger partial charge is 0.367 e. The summed E-state index contributed by atoms with van der Waals surface area (Å²) < 4.78 is 0. The number of rotatable bonds is 2. The van der Waals surface area contributed by atoms with Gasteiger partial charge in [0.1, 0.15) is 6.29 Å². The van der Waals surface area contributed by atoms with Crippen LogP contribution in [0.25, 0.3) is 0 Å². The van der Waals surface area contributed by atoms with Crippen LogP contribution in [-0.4, -0.2) is 30.4 Å². The van der Waals surface area contributed by atoms with Crippen LogP contribution in [0, 0.1) is 17.3 Å². The summed E-state index contributed by atoms with van der Waals surface area (Å²) >= 11 is 0. The molecule has 0 aromatic carbocycles. The first-order chi connectivity index (χ1) is 7.34. The monoisotopic (exact) mass is 227 g/mol. The van der Waals surface area contributed by atoms with Gasteiger partial charge in [-0.05, 0) is 33.1 Å². The van der Waals surface area contributed by atoms with Gasteiger partial charge in [-0.2, -0.15) is 0 Å². The van der Waals surface area contributed by atoms with Crippen molar-refractivity contribution in [1.29, 1.82) is 0 Å². The molecule has 0 aliphatic carbocycles. The van der Waals surface area contributed by atoms with Gasteiger partial charge >= 0.3 is 5.97 Å². The molecule has 2 atom stereocenters. The fourth-order valence-corrected chi connectivity index (χ4v) is 1.58. The smallest absolute Gasteiger partial charge is 0.330 e. The second kappa shape index (κ2) is 4.95. The van der Waals surface area contributed by atoms with Crippen LogP contribution in [0.5, 0.6) is 0 Å². The van der Waals surface area contributed by atoms with Crippen LogP contribution in [0.1, 0.15) is 34.1 Å². The van der Waals surface area contributed by atoms with Gasteiger partial charge in [-0.3, -0.25) is 0 Å². The van der Waals surface area contributed by atoms with Crippen molar-refractivity contribution in [2.75, 3.05) is 13.1 Å². The molecule has 1 fully saturated rings. The first-order valence-corrected chi connectivity index (χ1v) is 5.77. The number of nitrogens with zero attached hydrogens (tertiary/aromatic N) is 1. The Morgan fingerprint density at radius 1 is 1.44 bits per heavy atom. The summed E-state index contributed by atoms with van der Waals surface area (Å²) in [7, 11) is 0. The van der Waals surface area contributed by atoms with E-state index in [4.69, 9.17) is 4.84 Å². The first kappa shape index (κ1) is 13.2. The molecule has 0 N–H and O–H groups in total. The predicted molar refractivity (Wildman–Crippen MR) is 60.5 cm³/mol. The van der Waals surface area contributed by atoms with E-state index in [1.54, 1.807) is 5.06 Å². The van der Waals surface area contributed by atoms with E-state index in [1.165, 1.54) is 0 Å². The molecule has 1 heterocycles. The van der Waals surface area contributed by atoms with Crippen molar-refractivity contribution in [1.82, 2.24) is 5.06 Å². The summed E-state index contributed by atoms with van der Waals surface area (Å²) in [6.07, 6.45) is 1.85. The molecule has 0 aromatic rings. The second-order valence-electron chi connectivity index (χ2n) is 5.58. The third-order valence-corrected chi connectivity index (χ3v) is 2.98. The lowest BCUT2D eigenvalue weighted by molar-refractivity contribution is -0.209. The molecule has 4 heteroatoms. The van der Waals surface area contributed by atoms with Crippen LogP contribution in [0.15, 0.2) is 0 Å². The molecule has 1 aliphatic rings. The molecule has 0 radical (unpaired) electrons. The zero-order valence-electron chi connectivity index (χ0n) is 10.5. The van der Waals surface area contributed by atoms with Gasteiger partial charge in [0, 0.05) is 19.0 Å². The molecule has 1 saturated heterocycles. The van der Waals surface area contributed by atoms with Crippen molar-refractivity contribution < 1.29 is 14.4 Å². The number of hydrogen-bond acceptors (Lipinski definition) is 4. The number of hydrogen-bond donors (Lipinski definition) is 0. The molecule has 0 bridgehead atoms. The van der Waals surface area contributed by atoms with Crippen LogP contribution in [-0.2, 0) is 14.4 Å². The Balaban J connectivity index is 2.51. The Kier molecular flexibility index (Phi) is 4.08. The zero-order valence-corrected chi connectivity index (χ0v) is 10.5. The summed E-state index contributed by atoms with van der Waals surface area (Å²) in [4.78, 5) is 27.8. The second-order valence-corrected chi connectivity index (χ2v) is 5.58. The van der Waals surface area contributed by atoms with E-state index < -0.39 is 5.41 Å². The van der Waals surface area contributed by atoms with E-state index in [9.17, 15) is 9.59 Å². The number of hydroxylamine groups is 2. The minimum Gasteiger partial charge on any atom is -0.367 e. The Morgan fingerprint density at radius 3 is 2.56 bits per heavy atom. The maximum absolute atomic E-state index is 11.7. The highest BCUT2D eigenvalue weighted by molar-refractivity contribution is 5.75. The van der Waals surface area contributed by atoms with E-state index >= 15 is 0 Å². The molecule has 2 unspecified atom stereocenters. The van der Waals surface area contributed by atoms with Crippen LogP contribution in [0.2, 0.25) is 0 Å². The molecule has 0 aromatic heterocycles. The molecule has 1 rings (SSSR count). The minimum atomic E-state index is -0.500. The van der Waals surface area contributed by atoms with E-state index in [-0.39, 0.29) is 11.9 Å². The molecule has 92 valence electrons. The lowest BCUT2D eigenvalue weighted by atomic mass is 9.89. The van der Waals surface area contributed by atoms with Gasteiger partial charge in [-0.25, -0.2) is 4.79 Å². The molecule has 0 amide bonds. The molecule has 0 saturated carbocycles. The summed E-state index contributed by atoms with van der Waals surface area (Å²) in [5.74, 6) is 0.107. The number of piperidine rings is 1. The number of carbonyl (C=O) groups excluding carboxylic acids is 2. The lowest BCUT2D eigenvalue weighted by Gasteiger charge is -2.34. The van der Waals surface area contributed by atoms with Gasteiger partial charge in [0.25, 0.3) is 0 Å².